The second-order valence-electron chi connectivity index (χ2n) is 9.96. The lowest BCUT2D eigenvalue weighted by molar-refractivity contribution is -0.118. The molecule has 4 fully saturated rings. The minimum absolute atomic E-state index is 0.177. The molecule has 0 heterocycles. The van der Waals surface area contributed by atoms with Gasteiger partial charge in [0.2, 0.25) is 11.8 Å². The van der Waals surface area contributed by atoms with E-state index in [1.807, 2.05) is 36.4 Å². The van der Waals surface area contributed by atoms with Crippen LogP contribution in [-0.2, 0) is 9.59 Å². The number of nitrogens with one attached hydrogen (secondary N) is 2. The summed E-state index contributed by atoms with van der Waals surface area (Å²) in [6.45, 7) is 0. The number of amides is 2. The van der Waals surface area contributed by atoms with Crippen LogP contribution in [0.1, 0.15) is 51.4 Å². The number of anilines is 2. The topological polar surface area (TPSA) is 58.2 Å². The maximum atomic E-state index is 12.9. The van der Waals surface area contributed by atoms with Gasteiger partial charge in [0.1, 0.15) is 0 Å². The van der Waals surface area contributed by atoms with Crippen molar-refractivity contribution in [2.24, 2.45) is 35.5 Å². The predicted molar refractivity (Wildman–Crippen MR) is 119 cm³/mol. The third-order valence-corrected chi connectivity index (χ3v) is 8.36. The molecule has 4 nitrogen and oxygen atoms in total. The maximum absolute atomic E-state index is 12.9. The van der Waals surface area contributed by atoms with Crippen LogP contribution in [0.25, 0.3) is 10.8 Å². The SMILES string of the molecule is O=C(Nc1cccc2c(NC(=O)C3[C@@H]4CCCC[C@@H]34)cccc12)C1[C@H]2CCCC[C@@H]12. The molecule has 4 saturated carbocycles. The summed E-state index contributed by atoms with van der Waals surface area (Å²) in [5.74, 6) is 3.16. The van der Waals surface area contributed by atoms with Gasteiger partial charge in [-0.3, -0.25) is 9.59 Å². The number of hydrogen-bond donors (Lipinski definition) is 2. The summed E-state index contributed by atoms with van der Waals surface area (Å²) in [5.41, 5.74) is 1.72. The van der Waals surface area contributed by atoms with Crippen LogP contribution in [0.5, 0.6) is 0 Å². The Balaban J connectivity index is 1.21. The third kappa shape index (κ3) is 3.03. The second kappa shape index (κ2) is 7.11. The highest BCUT2D eigenvalue weighted by Gasteiger charge is 2.55. The van der Waals surface area contributed by atoms with E-state index in [-0.39, 0.29) is 23.7 Å². The smallest absolute Gasteiger partial charge is 0.228 e. The molecule has 0 bridgehead atoms. The number of carbonyl (C=O) groups is 2. The zero-order valence-corrected chi connectivity index (χ0v) is 17.4. The molecular weight excluding hydrogens is 372 g/mol. The van der Waals surface area contributed by atoms with E-state index in [0.717, 1.165) is 22.1 Å². The molecule has 0 saturated heterocycles. The average Bonchev–Trinajstić information content (AvgIpc) is 3.67. The molecule has 0 aliphatic heterocycles. The molecule has 1 unspecified atom stereocenters. The van der Waals surface area contributed by atoms with E-state index in [9.17, 15) is 9.59 Å². The minimum Gasteiger partial charge on any atom is -0.325 e. The molecule has 5 atom stereocenters. The summed E-state index contributed by atoms with van der Waals surface area (Å²) in [7, 11) is 0. The lowest BCUT2D eigenvalue weighted by Crippen LogP contribution is -2.17. The Morgan fingerprint density at radius 1 is 0.600 bits per heavy atom. The fraction of sp³-hybridized carbons (Fsp3) is 0.538. The highest BCUT2D eigenvalue weighted by Crippen LogP contribution is 2.56. The fourth-order valence-electron chi connectivity index (χ4n) is 6.72. The summed E-state index contributed by atoms with van der Waals surface area (Å²) in [4.78, 5) is 25.8. The molecule has 2 amide bonds. The van der Waals surface area contributed by atoms with Crippen molar-refractivity contribution in [3.8, 4) is 0 Å². The number of carbonyl (C=O) groups excluding carboxylic acids is 2. The third-order valence-electron chi connectivity index (χ3n) is 8.36. The first-order valence-corrected chi connectivity index (χ1v) is 11.9. The molecule has 4 aliphatic carbocycles. The van der Waals surface area contributed by atoms with E-state index < -0.39 is 0 Å². The van der Waals surface area contributed by atoms with Gasteiger partial charge < -0.3 is 10.6 Å². The molecule has 4 heteroatoms. The first kappa shape index (κ1) is 18.4. The van der Waals surface area contributed by atoms with Crippen molar-refractivity contribution in [3.63, 3.8) is 0 Å². The Morgan fingerprint density at radius 2 is 0.967 bits per heavy atom. The standard InChI is InChI=1S/C26H30N2O2/c29-25(23-17-7-1-2-8-18(17)23)27-21-13-5-12-16-15(21)11-6-14-22(16)28-26(30)24-19-9-3-4-10-20(19)24/h5-6,11-14,17-20,23-24H,1-4,7-10H2,(H,27,29)(H,28,30)/t17-,18-,19-,20+,24?/m1/s1. The summed E-state index contributed by atoms with van der Waals surface area (Å²) in [6.07, 6.45) is 9.90. The summed E-state index contributed by atoms with van der Waals surface area (Å²) in [5, 5.41) is 8.42. The number of fused-ring (bicyclic) bond motifs is 3. The Labute approximate surface area is 177 Å². The zero-order valence-electron chi connectivity index (χ0n) is 17.4. The second-order valence-corrected chi connectivity index (χ2v) is 9.96. The number of benzene rings is 2. The molecule has 156 valence electrons. The van der Waals surface area contributed by atoms with Crippen molar-refractivity contribution in [1.82, 2.24) is 0 Å². The van der Waals surface area contributed by atoms with Crippen LogP contribution in [-0.4, -0.2) is 11.8 Å². The monoisotopic (exact) mass is 402 g/mol. The van der Waals surface area contributed by atoms with E-state index in [2.05, 4.69) is 10.6 Å². The van der Waals surface area contributed by atoms with Crippen molar-refractivity contribution >= 4 is 34.0 Å². The summed E-state index contributed by atoms with van der Waals surface area (Å²) >= 11 is 0. The molecule has 2 aromatic rings. The van der Waals surface area contributed by atoms with Crippen LogP contribution >= 0.6 is 0 Å². The first-order chi connectivity index (χ1) is 14.7. The van der Waals surface area contributed by atoms with E-state index >= 15 is 0 Å². The van der Waals surface area contributed by atoms with Crippen molar-refractivity contribution in [3.05, 3.63) is 36.4 Å². The van der Waals surface area contributed by atoms with Crippen LogP contribution in [0.2, 0.25) is 0 Å². The van der Waals surface area contributed by atoms with Gasteiger partial charge in [0.15, 0.2) is 0 Å². The van der Waals surface area contributed by atoms with Gasteiger partial charge in [-0.05, 0) is 61.5 Å². The van der Waals surface area contributed by atoms with E-state index in [0.29, 0.717) is 23.7 Å². The van der Waals surface area contributed by atoms with Gasteiger partial charge in [0.25, 0.3) is 0 Å². The van der Waals surface area contributed by atoms with Crippen LogP contribution in [0, 0.1) is 35.5 Å². The van der Waals surface area contributed by atoms with Gasteiger partial charge in [-0.15, -0.1) is 0 Å². The van der Waals surface area contributed by atoms with E-state index in [1.54, 1.807) is 0 Å². The molecule has 6 rings (SSSR count). The normalized spacial score (nSPS) is 33.9. The number of hydrogen-bond acceptors (Lipinski definition) is 2. The van der Waals surface area contributed by atoms with Gasteiger partial charge >= 0.3 is 0 Å². The van der Waals surface area contributed by atoms with Gasteiger partial charge in [0, 0.05) is 34.0 Å². The van der Waals surface area contributed by atoms with E-state index in [4.69, 9.17) is 0 Å². The Morgan fingerprint density at radius 3 is 1.33 bits per heavy atom. The van der Waals surface area contributed by atoms with Crippen molar-refractivity contribution in [2.75, 3.05) is 10.6 Å². The minimum atomic E-state index is 0.177. The molecule has 4 aliphatic rings. The highest BCUT2D eigenvalue weighted by atomic mass is 16.2. The van der Waals surface area contributed by atoms with Crippen LogP contribution in [0.4, 0.5) is 11.4 Å². The Hall–Kier alpha value is -2.36. The maximum Gasteiger partial charge on any atom is 0.228 e. The highest BCUT2D eigenvalue weighted by molar-refractivity contribution is 6.10. The molecule has 30 heavy (non-hydrogen) atoms. The van der Waals surface area contributed by atoms with Crippen LogP contribution in [0.3, 0.4) is 0 Å². The largest absolute Gasteiger partial charge is 0.325 e. The zero-order chi connectivity index (χ0) is 20.2. The first-order valence-electron chi connectivity index (χ1n) is 11.9. The fourth-order valence-corrected chi connectivity index (χ4v) is 6.72. The van der Waals surface area contributed by atoms with E-state index in [1.165, 1.54) is 51.4 Å². The van der Waals surface area contributed by atoms with Gasteiger partial charge in [-0.25, -0.2) is 0 Å². The molecule has 2 N–H and O–H groups in total. The Bertz CT molecular complexity index is 910. The predicted octanol–water partition coefficient (Wildman–Crippen LogP) is 5.59. The van der Waals surface area contributed by atoms with Crippen molar-refractivity contribution in [2.45, 2.75) is 51.4 Å². The van der Waals surface area contributed by atoms with Gasteiger partial charge in [0.05, 0.1) is 0 Å². The molecular formula is C26H30N2O2. The number of rotatable bonds is 4. The lowest BCUT2D eigenvalue weighted by atomic mass is 10.0. The molecule has 0 aromatic heterocycles. The van der Waals surface area contributed by atoms with Crippen molar-refractivity contribution < 1.29 is 9.59 Å². The summed E-state index contributed by atoms with van der Waals surface area (Å²) in [6, 6.07) is 12.0. The Kier molecular flexibility index (Phi) is 4.36. The van der Waals surface area contributed by atoms with Gasteiger partial charge in [-0.1, -0.05) is 49.9 Å². The molecule has 2 aromatic carbocycles. The molecule has 0 spiro atoms. The van der Waals surface area contributed by atoms with Gasteiger partial charge in [-0.2, -0.15) is 0 Å². The molecule has 0 radical (unpaired) electrons. The lowest BCUT2D eigenvalue weighted by Gasteiger charge is -2.13. The quantitative estimate of drug-likeness (QED) is 0.700. The van der Waals surface area contributed by atoms with Crippen LogP contribution < -0.4 is 10.6 Å². The average molecular weight is 403 g/mol. The summed E-state index contributed by atoms with van der Waals surface area (Å²) < 4.78 is 0. The van der Waals surface area contributed by atoms with Crippen molar-refractivity contribution in [1.29, 1.82) is 0 Å². The van der Waals surface area contributed by atoms with Crippen LogP contribution in [0.15, 0.2) is 36.4 Å².